The highest BCUT2D eigenvalue weighted by Gasteiger charge is 2.08. The summed E-state index contributed by atoms with van der Waals surface area (Å²) in [7, 11) is 0. The van der Waals surface area contributed by atoms with Crippen LogP contribution in [0.4, 0.5) is 9.59 Å². The lowest BCUT2D eigenvalue weighted by atomic mass is 10.1. The van der Waals surface area contributed by atoms with Crippen LogP contribution in [0.2, 0.25) is 0 Å². The van der Waals surface area contributed by atoms with E-state index in [1.54, 1.807) is 0 Å². The maximum atomic E-state index is 10.3. The van der Waals surface area contributed by atoms with E-state index < -0.39 is 12.2 Å². The second-order valence-electron chi connectivity index (χ2n) is 3.11. The summed E-state index contributed by atoms with van der Waals surface area (Å²) >= 11 is 0. The van der Waals surface area contributed by atoms with Crippen LogP contribution in [-0.4, -0.2) is 41.5 Å². The van der Waals surface area contributed by atoms with E-state index >= 15 is 0 Å². The third-order valence-electron chi connectivity index (χ3n) is 1.87. The highest BCUT2D eigenvalue weighted by molar-refractivity contribution is 5.65. The Morgan fingerprint density at radius 1 is 1.20 bits per heavy atom. The number of unbranched alkanes of at least 4 members (excludes halogenated alkanes) is 1. The summed E-state index contributed by atoms with van der Waals surface area (Å²) in [6.45, 7) is 0.623. The van der Waals surface area contributed by atoms with Crippen LogP contribution in [0.15, 0.2) is 0 Å². The number of nitrogens with two attached hydrogens (primary N) is 1. The third-order valence-corrected chi connectivity index (χ3v) is 1.87. The molecule has 0 rings (SSSR count). The Hall–Kier alpha value is -1.50. The average Bonchev–Trinajstić information content (AvgIpc) is 2.14. The number of carboxylic acid groups (broad SMARTS) is 2. The van der Waals surface area contributed by atoms with E-state index in [1.807, 2.05) is 0 Å². The largest absolute Gasteiger partial charge is 0.465 e. The molecule has 0 spiro atoms. The Bertz CT molecular complexity index is 210. The van der Waals surface area contributed by atoms with Crippen LogP contribution in [0.1, 0.15) is 19.3 Å². The molecule has 6 N–H and O–H groups in total. The van der Waals surface area contributed by atoms with Gasteiger partial charge in [0.25, 0.3) is 0 Å². The first-order valence-electron chi connectivity index (χ1n) is 4.72. The standard InChI is InChI=1S/C8H17N3O4/c9-5-6(11-8(14)15)3-1-2-4-10-7(12)13/h6,10-11H,1-5,9H2,(H,12,13)(H,14,15). The van der Waals surface area contributed by atoms with Crippen molar-refractivity contribution in [3.63, 3.8) is 0 Å². The van der Waals surface area contributed by atoms with E-state index in [9.17, 15) is 9.59 Å². The highest BCUT2D eigenvalue weighted by Crippen LogP contribution is 1.99. The molecule has 88 valence electrons. The van der Waals surface area contributed by atoms with Crippen LogP contribution >= 0.6 is 0 Å². The van der Waals surface area contributed by atoms with Gasteiger partial charge < -0.3 is 26.6 Å². The van der Waals surface area contributed by atoms with Gasteiger partial charge in [-0.05, 0) is 19.3 Å². The zero-order valence-corrected chi connectivity index (χ0v) is 8.40. The van der Waals surface area contributed by atoms with Gasteiger partial charge in [0.05, 0.1) is 0 Å². The van der Waals surface area contributed by atoms with Gasteiger partial charge in [-0.2, -0.15) is 0 Å². The molecule has 0 bridgehead atoms. The summed E-state index contributed by atoms with van der Waals surface area (Å²) in [6, 6.07) is -0.257. The Kier molecular flexibility index (Phi) is 7.08. The lowest BCUT2D eigenvalue weighted by Gasteiger charge is -2.13. The Labute approximate surface area is 87.6 Å². The molecule has 0 saturated carbocycles. The van der Waals surface area contributed by atoms with Crippen LogP contribution in [0.3, 0.4) is 0 Å². The summed E-state index contributed by atoms with van der Waals surface area (Å²) in [5, 5.41) is 21.2. The van der Waals surface area contributed by atoms with Crippen LogP contribution < -0.4 is 16.4 Å². The fraction of sp³-hybridized carbons (Fsp3) is 0.750. The number of nitrogens with one attached hydrogen (secondary N) is 2. The smallest absolute Gasteiger partial charge is 0.404 e. The van der Waals surface area contributed by atoms with Gasteiger partial charge in [0.2, 0.25) is 0 Å². The van der Waals surface area contributed by atoms with Crippen molar-refractivity contribution in [1.82, 2.24) is 10.6 Å². The SMILES string of the molecule is NCC(CCCCNC(=O)O)NC(=O)O. The Balaban J connectivity index is 3.46. The van der Waals surface area contributed by atoms with E-state index in [0.717, 1.165) is 6.42 Å². The van der Waals surface area contributed by atoms with Crippen molar-refractivity contribution >= 4 is 12.2 Å². The molecule has 7 heteroatoms. The van der Waals surface area contributed by atoms with Crippen LogP contribution in [0.25, 0.3) is 0 Å². The molecule has 0 aliphatic rings. The van der Waals surface area contributed by atoms with E-state index in [4.69, 9.17) is 15.9 Å². The van der Waals surface area contributed by atoms with Crippen molar-refractivity contribution in [1.29, 1.82) is 0 Å². The molecule has 0 heterocycles. The predicted octanol–water partition coefficient (Wildman–Crippen LogP) is 0.0192. The van der Waals surface area contributed by atoms with Crippen molar-refractivity contribution in [2.45, 2.75) is 25.3 Å². The molecule has 7 nitrogen and oxygen atoms in total. The van der Waals surface area contributed by atoms with Crippen LogP contribution in [0, 0.1) is 0 Å². The quantitative estimate of drug-likeness (QED) is 0.386. The first kappa shape index (κ1) is 13.5. The lowest BCUT2D eigenvalue weighted by Crippen LogP contribution is -2.39. The van der Waals surface area contributed by atoms with Crippen molar-refractivity contribution in [3.05, 3.63) is 0 Å². The minimum Gasteiger partial charge on any atom is -0.465 e. The molecule has 15 heavy (non-hydrogen) atoms. The van der Waals surface area contributed by atoms with Crippen LogP contribution in [0.5, 0.6) is 0 Å². The normalized spacial score (nSPS) is 11.8. The molecule has 0 aliphatic carbocycles. The molecule has 2 amide bonds. The first-order valence-corrected chi connectivity index (χ1v) is 4.72. The molecule has 0 aromatic rings. The van der Waals surface area contributed by atoms with Crippen molar-refractivity contribution in [3.8, 4) is 0 Å². The fourth-order valence-corrected chi connectivity index (χ4v) is 1.13. The summed E-state index contributed by atoms with van der Waals surface area (Å²) < 4.78 is 0. The average molecular weight is 219 g/mol. The second-order valence-corrected chi connectivity index (χ2v) is 3.11. The molecule has 1 unspecified atom stereocenters. The zero-order chi connectivity index (χ0) is 11.7. The number of hydrogen-bond donors (Lipinski definition) is 5. The van der Waals surface area contributed by atoms with Gasteiger partial charge in [0.15, 0.2) is 0 Å². The molecule has 0 aliphatic heterocycles. The molecule has 0 radical (unpaired) electrons. The van der Waals surface area contributed by atoms with E-state index in [2.05, 4.69) is 10.6 Å². The topological polar surface area (TPSA) is 125 Å². The summed E-state index contributed by atoms with van der Waals surface area (Å²) in [5.41, 5.74) is 5.35. The van der Waals surface area contributed by atoms with Gasteiger partial charge in [0.1, 0.15) is 0 Å². The molecule has 0 fully saturated rings. The lowest BCUT2D eigenvalue weighted by molar-refractivity contribution is 0.189. The second kappa shape index (κ2) is 7.86. The van der Waals surface area contributed by atoms with Gasteiger partial charge in [-0.25, -0.2) is 9.59 Å². The number of rotatable bonds is 7. The van der Waals surface area contributed by atoms with Crippen molar-refractivity contribution < 1.29 is 19.8 Å². The third kappa shape index (κ3) is 8.82. The molecule has 0 aromatic carbocycles. The highest BCUT2D eigenvalue weighted by atomic mass is 16.4. The van der Waals surface area contributed by atoms with Gasteiger partial charge in [-0.15, -0.1) is 0 Å². The molecule has 0 aromatic heterocycles. The minimum absolute atomic E-state index is 0.249. The number of carbonyl (C=O) groups is 2. The van der Waals surface area contributed by atoms with Gasteiger partial charge in [0, 0.05) is 19.1 Å². The van der Waals surface area contributed by atoms with Gasteiger partial charge in [-0.3, -0.25) is 0 Å². The first-order chi connectivity index (χ1) is 7.06. The number of amides is 2. The fourth-order valence-electron chi connectivity index (χ4n) is 1.13. The van der Waals surface area contributed by atoms with Gasteiger partial charge >= 0.3 is 12.2 Å². The van der Waals surface area contributed by atoms with Gasteiger partial charge in [-0.1, -0.05) is 0 Å². The van der Waals surface area contributed by atoms with Crippen molar-refractivity contribution in [2.24, 2.45) is 5.73 Å². The summed E-state index contributed by atoms with van der Waals surface area (Å²) in [4.78, 5) is 20.4. The molecular formula is C8H17N3O4. The maximum Gasteiger partial charge on any atom is 0.404 e. The summed E-state index contributed by atoms with van der Waals surface area (Å²) in [6.07, 6.45) is -0.125. The minimum atomic E-state index is -1.09. The van der Waals surface area contributed by atoms with E-state index in [1.165, 1.54) is 0 Å². The Morgan fingerprint density at radius 3 is 2.33 bits per heavy atom. The van der Waals surface area contributed by atoms with Crippen LogP contribution in [-0.2, 0) is 0 Å². The number of hydrogen-bond acceptors (Lipinski definition) is 3. The summed E-state index contributed by atoms with van der Waals surface area (Å²) in [5.74, 6) is 0. The van der Waals surface area contributed by atoms with Crippen molar-refractivity contribution in [2.75, 3.05) is 13.1 Å². The zero-order valence-electron chi connectivity index (χ0n) is 8.40. The monoisotopic (exact) mass is 219 g/mol. The molecular weight excluding hydrogens is 202 g/mol. The Morgan fingerprint density at radius 2 is 1.87 bits per heavy atom. The molecule has 0 saturated heterocycles. The predicted molar refractivity (Wildman–Crippen MR) is 53.9 cm³/mol. The van der Waals surface area contributed by atoms with E-state index in [0.29, 0.717) is 19.4 Å². The molecule has 1 atom stereocenters. The van der Waals surface area contributed by atoms with E-state index in [-0.39, 0.29) is 12.6 Å². The maximum absolute atomic E-state index is 10.3.